The van der Waals surface area contributed by atoms with Gasteiger partial charge in [0.05, 0.1) is 42.7 Å². The fourth-order valence-electron chi connectivity index (χ4n) is 8.90. The summed E-state index contributed by atoms with van der Waals surface area (Å²) in [6.45, 7) is 5.08. The van der Waals surface area contributed by atoms with Crippen molar-refractivity contribution < 1.29 is 23.9 Å². The topological polar surface area (TPSA) is 150 Å². The normalized spacial score (nSPS) is 17.4. The molecule has 2 amide bonds. The van der Waals surface area contributed by atoms with E-state index in [0.717, 1.165) is 57.7 Å². The van der Waals surface area contributed by atoms with E-state index < -0.39 is 11.9 Å². The molecule has 14 heteroatoms. The van der Waals surface area contributed by atoms with Gasteiger partial charge in [0.15, 0.2) is 5.78 Å². The van der Waals surface area contributed by atoms with E-state index in [4.69, 9.17) is 9.47 Å². The van der Waals surface area contributed by atoms with Gasteiger partial charge in [-0.15, -0.1) is 0 Å². The standard InChI is InChI=1S/C44H43N7O7/c1-24-18-50(19-24)39-16-30-31(17-45-39)43(55)47(2)21-32(30)27-14-37(57-4)33(38(15-27)58-5)22-49-20-26-10-9-25(13-29(26)36(52)23-49)28-7-6-8-34-41(28)48(3)44(56)51(34)35-11-12-40(53)46-42(35)54/h6-10,13-17,21,24,35H,11-12,18-20,22-23H2,1-5H3,(H,46,53,54). The highest BCUT2D eigenvalue weighted by molar-refractivity contribution is 6.03. The van der Waals surface area contributed by atoms with Crippen LogP contribution in [0.1, 0.15) is 47.3 Å². The van der Waals surface area contributed by atoms with Crippen molar-refractivity contribution in [1.29, 1.82) is 0 Å². The van der Waals surface area contributed by atoms with Gasteiger partial charge in [0.1, 0.15) is 23.4 Å². The number of hydrogen-bond acceptors (Lipinski definition) is 10. The smallest absolute Gasteiger partial charge is 0.329 e. The van der Waals surface area contributed by atoms with Crippen molar-refractivity contribution in [3.8, 4) is 33.8 Å². The summed E-state index contributed by atoms with van der Waals surface area (Å²) in [7, 11) is 6.62. The summed E-state index contributed by atoms with van der Waals surface area (Å²) < 4.78 is 16.5. The number of carbonyl (C=O) groups is 3. The molecule has 3 aromatic carbocycles. The van der Waals surface area contributed by atoms with Gasteiger partial charge in [-0.25, -0.2) is 9.78 Å². The molecule has 0 spiro atoms. The molecule has 0 radical (unpaired) electrons. The number of piperidine rings is 1. The SMILES string of the molecule is COc1cc(-c2cn(C)c(=O)c3cnc(N4CC(C)C4)cc23)cc(OC)c1CN1CC(=O)c2cc(-c3cccc4c3n(C)c(=O)n4C3CCC(=O)NC3=O)ccc2C1. The number of methoxy groups -OCH3 is 2. The van der Waals surface area contributed by atoms with Gasteiger partial charge < -0.3 is 18.9 Å². The van der Waals surface area contributed by atoms with Crippen LogP contribution in [0.25, 0.3) is 44.1 Å². The van der Waals surface area contributed by atoms with Gasteiger partial charge in [-0.1, -0.05) is 31.2 Å². The average Bonchev–Trinajstić information content (AvgIpc) is 3.46. The lowest BCUT2D eigenvalue weighted by Crippen LogP contribution is -2.45. The number of nitrogens with zero attached hydrogens (tertiary/aromatic N) is 6. The van der Waals surface area contributed by atoms with Gasteiger partial charge >= 0.3 is 5.69 Å². The molecule has 0 aliphatic carbocycles. The summed E-state index contributed by atoms with van der Waals surface area (Å²) in [5.41, 5.74) is 6.20. The summed E-state index contributed by atoms with van der Waals surface area (Å²) in [6, 6.07) is 16.4. The first-order chi connectivity index (χ1) is 27.9. The molecule has 58 heavy (non-hydrogen) atoms. The Bertz CT molecular complexity index is 2820. The van der Waals surface area contributed by atoms with Crippen molar-refractivity contribution in [2.24, 2.45) is 20.0 Å². The van der Waals surface area contributed by atoms with Crippen LogP contribution in [-0.4, -0.2) is 75.0 Å². The van der Waals surface area contributed by atoms with Crippen molar-refractivity contribution in [3.63, 3.8) is 0 Å². The first-order valence-corrected chi connectivity index (χ1v) is 19.4. The maximum atomic E-state index is 13.9. The molecule has 9 rings (SSSR count). The van der Waals surface area contributed by atoms with Gasteiger partial charge in [-0.2, -0.15) is 0 Å². The maximum absolute atomic E-state index is 13.9. The number of fused-ring (bicyclic) bond motifs is 3. The van der Waals surface area contributed by atoms with Crippen LogP contribution in [0, 0.1) is 5.92 Å². The highest BCUT2D eigenvalue weighted by Gasteiger charge is 2.33. The first kappa shape index (κ1) is 37.1. The zero-order valence-electron chi connectivity index (χ0n) is 33.0. The molecule has 2 saturated heterocycles. The molecule has 296 valence electrons. The monoisotopic (exact) mass is 781 g/mol. The van der Waals surface area contributed by atoms with Crippen LogP contribution in [0.15, 0.2) is 76.6 Å². The van der Waals surface area contributed by atoms with Gasteiger partial charge in [0.2, 0.25) is 11.8 Å². The van der Waals surface area contributed by atoms with Gasteiger partial charge in [0, 0.05) is 81.2 Å². The number of imidazole rings is 1. The quantitative estimate of drug-likeness (QED) is 0.218. The molecule has 6 aromatic rings. The van der Waals surface area contributed by atoms with Crippen molar-refractivity contribution in [1.82, 2.24) is 28.9 Å². The number of aryl methyl sites for hydroxylation is 2. The maximum Gasteiger partial charge on any atom is 0.329 e. The molecular formula is C44H43N7O7. The highest BCUT2D eigenvalue weighted by Crippen LogP contribution is 2.40. The van der Waals surface area contributed by atoms with E-state index in [0.29, 0.717) is 52.5 Å². The zero-order chi connectivity index (χ0) is 40.6. The molecule has 0 saturated carbocycles. The molecule has 1 unspecified atom stereocenters. The van der Waals surface area contributed by atoms with Crippen LogP contribution in [0.5, 0.6) is 11.5 Å². The Kier molecular flexibility index (Phi) is 9.03. The number of pyridine rings is 2. The van der Waals surface area contributed by atoms with E-state index in [2.05, 4.69) is 27.0 Å². The number of Topliss-reactive ketones (excluding diaryl/α,β-unsaturated/α-hetero) is 1. The number of imide groups is 1. The van der Waals surface area contributed by atoms with Crippen molar-refractivity contribution >= 4 is 45.2 Å². The van der Waals surface area contributed by atoms with E-state index in [9.17, 15) is 24.0 Å². The summed E-state index contributed by atoms with van der Waals surface area (Å²) >= 11 is 0. The van der Waals surface area contributed by atoms with Crippen LogP contribution in [0.2, 0.25) is 0 Å². The predicted molar refractivity (Wildman–Crippen MR) is 219 cm³/mol. The molecule has 0 bridgehead atoms. The number of para-hydroxylation sites is 1. The number of anilines is 1. The minimum Gasteiger partial charge on any atom is -0.496 e. The molecule has 3 aliphatic heterocycles. The molecule has 2 fully saturated rings. The molecule has 14 nitrogen and oxygen atoms in total. The molecule has 6 heterocycles. The van der Waals surface area contributed by atoms with Crippen LogP contribution in [-0.2, 0) is 36.8 Å². The largest absolute Gasteiger partial charge is 0.496 e. The van der Waals surface area contributed by atoms with Gasteiger partial charge in [-0.05, 0) is 59.4 Å². The number of benzene rings is 3. The van der Waals surface area contributed by atoms with Gasteiger partial charge in [-0.3, -0.25) is 38.5 Å². The van der Waals surface area contributed by atoms with Crippen LogP contribution < -0.4 is 30.9 Å². The zero-order valence-corrected chi connectivity index (χ0v) is 33.0. The third kappa shape index (κ3) is 6.06. The Morgan fingerprint density at radius 1 is 0.845 bits per heavy atom. The Morgan fingerprint density at radius 2 is 1.60 bits per heavy atom. The number of carbonyl (C=O) groups excluding carboxylic acids is 3. The lowest BCUT2D eigenvalue weighted by atomic mass is 9.92. The molecule has 1 N–H and O–H groups in total. The number of rotatable bonds is 8. The Morgan fingerprint density at radius 3 is 2.31 bits per heavy atom. The number of aromatic nitrogens is 4. The van der Waals surface area contributed by atoms with Crippen molar-refractivity contribution in [2.45, 2.75) is 38.9 Å². The van der Waals surface area contributed by atoms with Crippen LogP contribution in [0.4, 0.5) is 5.82 Å². The third-order valence-corrected chi connectivity index (χ3v) is 11.8. The second-order valence-electron chi connectivity index (χ2n) is 15.7. The predicted octanol–water partition coefficient (Wildman–Crippen LogP) is 4.57. The second-order valence-corrected chi connectivity index (χ2v) is 15.7. The second kappa shape index (κ2) is 14.1. The molecule has 1 atom stereocenters. The molecule has 3 aromatic heterocycles. The Balaban J connectivity index is 1.02. The number of ketones is 1. The number of ether oxygens (including phenoxy) is 2. The first-order valence-electron chi connectivity index (χ1n) is 19.4. The minimum absolute atomic E-state index is 0.0440. The minimum atomic E-state index is -0.799. The van der Waals surface area contributed by atoms with Gasteiger partial charge in [0.25, 0.3) is 5.56 Å². The summed E-state index contributed by atoms with van der Waals surface area (Å²) in [5.74, 6) is 1.74. The fourth-order valence-corrected chi connectivity index (χ4v) is 8.90. The fraction of sp³-hybridized carbons (Fsp3) is 0.318. The Hall–Kier alpha value is -6.54. The summed E-state index contributed by atoms with van der Waals surface area (Å²) in [5, 5.41) is 3.68. The average molecular weight is 782 g/mol. The molecule has 3 aliphatic rings. The lowest BCUT2D eigenvalue weighted by molar-refractivity contribution is -0.135. The van der Waals surface area contributed by atoms with E-state index in [1.165, 1.54) is 9.13 Å². The number of nitrogens with one attached hydrogen (secondary N) is 1. The molecular weight excluding hydrogens is 739 g/mol. The van der Waals surface area contributed by atoms with E-state index in [1.807, 2.05) is 54.7 Å². The number of amides is 2. The van der Waals surface area contributed by atoms with Crippen molar-refractivity contribution in [3.05, 3.63) is 105 Å². The summed E-state index contributed by atoms with van der Waals surface area (Å²) in [4.78, 5) is 74.2. The van der Waals surface area contributed by atoms with E-state index >= 15 is 0 Å². The van der Waals surface area contributed by atoms with Crippen LogP contribution >= 0.6 is 0 Å². The van der Waals surface area contributed by atoms with E-state index in [1.54, 1.807) is 45.1 Å². The third-order valence-electron chi connectivity index (χ3n) is 11.8. The lowest BCUT2D eigenvalue weighted by Gasteiger charge is -2.38. The Labute approximate surface area is 333 Å². The van der Waals surface area contributed by atoms with Crippen LogP contribution in [0.3, 0.4) is 0 Å². The van der Waals surface area contributed by atoms with Crippen molar-refractivity contribution in [2.75, 3.05) is 38.8 Å². The van der Waals surface area contributed by atoms with E-state index in [-0.39, 0.29) is 42.3 Å². The highest BCUT2D eigenvalue weighted by atomic mass is 16.5. The summed E-state index contributed by atoms with van der Waals surface area (Å²) in [6.07, 6.45) is 3.89. The number of hydrogen-bond donors (Lipinski definition) is 1.